The monoisotopic (exact) mass is 286 g/mol. The molecule has 1 unspecified atom stereocenters. The van der Waals surface area contributed by atoms with Crippen LogP contribution in [0.25, 0.3) is 0 Å². The number of nitrogens with zero attached hydrogens (tertiary/aromatic N) is 1. The lowest BCUT2D eigenvalue weighted by atomic mass is 10.2. The lowest BCUT2D eigenvalue weighted by molar-refractivity contribution is 0.0747. The summed E-state index contributed by atoms with van der Waals surface area (Å²) >= 11 is 0. The van der Waals surface area contributed by atoms with Crippen molar-refractivity contribution in [3.63, 3.8) is 0 Å². The van der Waals surface area contributed by atoms with Crippen LogP contribution in [-0.4, -0.2) is 53.9 Å². The number of rotatable bonds is 2. The number of hydrogen-bond donors (Lipinski definition) is 2. The Hall–Kier alpha value is -1.83. The van der Waals surface area contributed by atoms with E-state index in [0.29, 0.717) is 6.42 Å². The average Bonchev–Trinajstić information content (AvgIpc) is 2.66. The maximum Gasteiger partial charge on any atom is 0.254 e. The van der Waals surface area contributed by atoms with Crippen LogP contribution in [0.15, 0.2) is 16.9 Å². The molecule has 1 atom stereocenters. The van der Waals surface area contributed by atoms with Crippen molar-refractivity contribution in [3.05, 3.63) is 28.0 Å². The van der Waals surface area contributed by atoms with Crippen LogP contribution in [0.3, 0.4) is 0 Å². The molecule has 2 rings (SSSR count). The Labute approximate surface area is 109 Å². The lowest BCUT2D eigenvalue weighted by Gasteiger charge is -2.23. The number of sulfone groups is 1. The molecule has 1 aliphatic rings. The molecule has 0 radical (unpaired) electrons. The van der Waals surface area contributed by atoms with Gasteiger partial charge in [0.05, 0.1) is 17.1 Å². The van der Waals surface area contributed by atoms with E-state index in [1.807, 2.05) is 0 Å². The Morgan fingerprint density at radius 1 is 1.47 bits per heavy atom. The zero-order chi connectivity index (χ0) is 14.2. The van der Waals surface area contributed by atoms with Crippen LogP contribution >= 0.6 is 0 Å². The van der Waals surface area contributed by atoms with E-state index in [0.717, 1.165) is 12.1 Å². The molecule has 1 aromatic heterocycles. The molecule has 0 aromatic carbocycles. The topological polar surface area (TPSA) is 108 Å². The molecular formula is C11H14N2O5S. The van der Waals surface area contributed by atoms with Crippen molar-refractivity contribution >= 4 is 15.7 Å². The molecule has 1 saturated heterocycles. The van der Waals surface area contributed by atoms with Crippen molar-refractivity contribution in [2.45, 2.75) is 12.5 Å². The Morgan fingerprint density at radius 3 is 2.68 bits per heavy atom. The number of H-pyrrole nitrogens is 1. The first-order valence-electron chi connectivity index (χ1n) is 5.69. The summed E-state index contributed by atoms with van der Waals surface area (Å²) in [6, 6.07) is 1.82. The summed E-state index contributed by atoms with van der Waals surface area (Å²) in [5.41, 5.74) is -0.552. The Balaban J connectivity index is 2.22. The fourth-order valence-corrected chi connectivity index (χ4v) is 3.88. The van der Waals surface area contributed by atoms with E-state index in [-0.39, 0.29) is 23.1 Å². The van der Waals surface area contributed by atoms with Crippen LogP contribution in [0.5, 0.6) is 5.88 Å². The van der Waals surface area contributed by atoms with Gasteiger partial charge in [0.2, 0.25) is 0 Å². The Morgan fingerprint density at radius 2 is 2.16 bits per heavy atom. The normalized spacial score (nSPS) is 21.2. The van der Waals surface area contributed by atoms with Crippen molar-refractivity contribution in [1.29, 1.82) is 0 Å². The maximum absolute atomic E-state index is 12.1. The number of carbonyl (C=O) groups excluding carboxylic acids is 1. The molecule has 1 aliphatic heterocycles. The lowest BCUT2D eigenvalue weighted by Crippen LogP contribution is -2.38. The predicted molar refractivity (Wildman–Crippen MR) is 67.9 cm³/mol. The molecule has 1 aromatic rings. The Kier molecular flexibility index (Phi) is 3.36. The van der Waals surface area contributed by atoms with Crippen molar-refractivity contribution in [2.75, 3.05) is 18.6 Å². The van der Waals surface area contributed by atoms with E-state index < -0.39 is 27.2 Å². The van der Waals surface area contributed by atoms with Crippen LogP contribution in [0.4, 0.5) is 0 Å². The summed E-state index contributed by atoms with van der Waals surface area (Å²) in [6.07, 6.45) is 0.389. The van der Waals surface area contributed by atoms with Gasteiger partial charge in [0.15, 0.2) is 15.7 Å². The highest BCUT2D eigenvalue weighted by molar-refractivity contribution is 7.91. The first-order valence-corrected chi connectivity index (χ1v) is 7.51. The van der Waals surface area contributed by atoms with E-state index in [9.17, 15) is 23.1 Å². The highest BCUT2D eigenvalue weighted by atomic mass is 32.2. The minimum atomic E-state index is -3.08. The second-order valence-electron chi connectivity index (χ2n) is 4.59. The number of pyridine rings is 1. The molecule has 0 aliphatic carbocycles. The van der Waals surface area contributed by atoms with Gasteiger partial charge in [-0.05, 0) is 6.42 Å². The average molecular weight is 286 g/mol. The summed E-state index contributed by atoms with van der Waals surface area (Å²) in [7, 11) is -1.59. The highest BCUT2D eigenvalue weighted by Crippen LogP contribution is 2.18. The van der Waals surface area contributed by atoms with E-state index >= 15 is 0 Å². The number of hydrogen-bond acceptors (Lipinski definition) is 5. The second kappa shape index (κ2) is 4.69. The molecule has 0 spiro atoms. The third-order valence-electron chi connectivity index (χ3n) is 3.15. The minimum absolute atomic E-state index is 0.0352. The molecule has 2 heterocycles. The molecule has 7 nitrogen and oxygen atoms in total. The Bertz CT molecular complexity index is 664. The van der Waals surface area contributed by atoms with E-state index in [4.69, 9.17) is 0 Å². The van der Waals surface area contributed by atoms with Gasteiger partial charge in [-0.1, -0.05) is 0 Å². The van der Waals surface area contributed by atoms with Crippen LogP contribution in [0, 0.1) is 0 Å². The molecule has 104 valence electrons. The first-order chi connectivity index (χ1) is 8.78. The largest absolute Gasteiger partial charge is 0.494 e. The second-order valence-corrected chi connectivity index (χ2v) is 6.82. The zero-order valence-corrected chi connectivity index (χ0v) is 11.1. The summed E-state index contributed by atoms with van der Waals surface area (Å²) < 4.78 is 22.8. The van der Waals surface area contributed by atoms with Gasteiger partial charge in [0, 0.05) is 25.2 Å². The van der Waals surface area contributed by atoms with Crippen molar-refractivity contribution < 1.29 is 18.3 Å². The summed E-state index contributed by atoms with van der Waals surface area (Å²) in [4.78, 5) is 26.7. The third kappa shape index (κ3) is 2.95. The van der Waals surface area contributed by atoms with Gasteiger partial charge in [-0.15, -0.1) is 0 Å². The van der Waals surface area contributed by atoms with Gasteiger partial charge in [-0.2, -0.15) is 0 Å². The molecule has 1 amide bonds. The van der Waals surface area contributed by atoms with Crippen LogP contribution < -0.4 is 5.56 Å². The van der Waals surface area contributed by atoms with Crippen LogP contribution in [-0.2, 0) is 9.84 Å². The minimum Gasteiger partial charge on any atom is -0.494 e. The maximum atomic E-state index is 12.1. The van der Waals surface area contributed by atoms with Crippen molar-refractivity contribution in [1.82, 2.24) is 9.88 Å². The number of aromatic amines is 1. The standard InChI is InChI=1S/C11H14N2O5S/c1-13(8-2-3-19(17,18)6-8)11(16)7-4-9(14)12-10(15)5-7/h4-5,8H,2-3,6H2,1H3,(H2,12,14,15). The number of aromatic hydroxyl groups is 1. The van der Waals surface area contributed by atoms with Gasteiger partial charge in [-0.3, -0.25) is 14.6 Å². The zero-order valence-electron chi connectivity index (χ0n) is 10.3. The van der Waals surface area contributed by atoms with E-state index in [1.165, 1.54) is 11.9 Å². The van der Waals surface area contributed by atoms with Gasteiger partial charge >= 0.3 is 0 Å². The third-order valence-corrected chi connectivity index (χ3v) is 4.90. The first kappa shape index (κ1) is 13.6. The van der Waals surface area contributed by atoms with E-state index in [1.54, 1.807) is 0 Å². The molecule has 0 saturated carbocycles. The predicted octanol–water partition coefficient (Wildman–Crippen LogP) is -0.660. The van der Waals surface area contributed by atoms with Gasteiger partial charge < -0.3 is 10.0 Å². The number of carbonyl (C=O) groups is 1. The van der Waals surface area contributed by atoms with Gasteiger partial charge in [0.1, 0.15) is 0 Å². The number of aromatic nitrogens is 1. The molecule has 1 fully saturated rings. The number of amides is 1. The van der Waals surface area contributed by atoms with Crippen LogP contribution in [0.1, 0.15) is 16.8 Å². The van der Waals surface area contributed by atoms with Crippen molar-refractivity contribution in [3.8, 4) is 5.88 Å². The highest BCUT2D eigenvalue weighted by Gasteiger charge is 2.33. The molecule has 0 bridgehead atoms. The molecule has 19 heavy (non-hydrogen) atoms. The van der Waals surface area contributed by atoms with Gasteiger partial charge in [-0.25, -0.2) is 8.42 Å². The number of nitrogens with one attached hydrogen (secondary N) is 1. The fourth-order valence-electron chi connectivity index (χ4n) is 2.10. The summed E-state index contributed by atoms with van der Waals surface area (Å²) in [6.45, 7) is 0. The molecular weight excluding hydrogens is 272 g/mol. The van der Waals surface area contributed by atoms with Crippen molar-refractivity contribution in [2.24, 2.45) is 0 Å². The fraction of sp³-hybridized carbons (Fsp3) is 0.455. The van der Waals surface area contributed by atoms with Crippen LogP contribution in [0.2, 0.25) is 0 Å². The van der Waals surface area contributed by atoms with Gasteiger partial charge in [0.25, 0.3) is 11.5 Å². The smallest absolute Gasteiger partial charge is 0.254 e. The molecule has 8 heteroatoms. The SMILES string of the molecule is CN(C(=O)c1cc(O)[nH]c(=O)c1)C1CCS(=O)(=O)C1. The van der Waals surface area contributed by atoms with E-state index in [2.05, 4.69) is 4.98 Å². The summed E-state index contributed by atoms with van der Waals surface area (Å²) in [5, 5.41) is 9.25. The summed E-state index contributed by atoms with van der Waals surface area (Å²) in [5.74, 6) is -0.882. The molecule has 2 N–H and O–H groups in total. The quantitative estimate of drug-likeness (QED) is 0.750.